The molecule has 0 amide bonds. The standard InChI is InChI=1S/C17H23BrO4/c1-11(2)9-17(20-6-7-21-17)14-4-5-15(18)13-8-12(10-19-3)22-16(13)14/h4-5,11-12H,6-10H2,1-3H3. The SMILES string of the molecule is COCC1Cc2c(Br)ccc(C3(CC(C)C)OCCO3)c2O1. The average Bonchev–Trinajstić information content (AvgIpc) is 3.07. The molecular weight excluding hydrogens is 348 g/mol. The van der Waals surface area contributed by atoms with E-state index in [2.05, 4.69) is 41.9 Å². The highest BCUT2D eigenvalue weighted by molar-refractivity contribution is 9.10. The van der Waals surface area contributed by atoms with Gasteiger partial charge < -0.3 is 18.9 Å². The van der Waals surface area contributed by atoms with Gasteiger partial charge in [-0.15, -0.1) is 0 Å². The van der Waals surface area contributed by atoms with E-state index in [1.165, 1.54) is 5.56 Å². The number of fused-ring (bicyclic) bond motifs is 1. The molecule has 2 aliphatic rings. The molecule has 5 heteroatoms. The van der Waals surface area contributed by atoms with Crippen molar-refractivity contribution in [3.8, 4) is 5.75 Å². The molecule has 0 aliphatic carbocycles. The van der Waals surface area contributed by atoms with Gasteiger partial charge in [0.25, 0.3) is 0 Å². The molecule has 0 bridgehead atoms. The van der Waals surface area contributed by atoms with Gasteiger partial charge in [-0.25, -0.2) is 0 Å². The highest BCUT2D eigenvalue weighted by atomic mass is 79.9. The highest BCUT2D eigenvalue weighted by Gasteiger charge is 2.44. The van der Waals surface area contributed by atoms with Crippen molar-refractivity contribution < 1.29 is 18.9 Å². The molecule has 1 aromatic carbocycles. The maximum Gasteiger partial charge on any atom is 0.198 e. The van der Waals surface area contributed by atoms with Crippen LogP contribution >= 0.6 is 15.9 Å². The van der Waals surface area contributed by atoms with Crippen LogP contribution < -0.4 is 4.74 Å². The van der Waals surface area contributed by atoms with Crippen LogP contribution in [-0.4, -0.2) is 33.0 Å². The van der Waals surface area contributed by atoms with Crippen molar-refractivity contribution in [2.45, 2.75) is 38.6 Å². The Bertz CT molecular complexity index is 538. The first-order valence-corrected chi connectivity index (χ1v) is 8.60. The fourth-order valence-corrected chi connectivity index (χ4v) is 3.79. The zero-order valence-electron chi connectivity index (χ0n) is 13.4. The van der Waals surface area contributed by atoms with Crippen molar-refractivity contribution in [1.29, 1.82) is 0 Å². The van der Waals surface area contributed by atoms with Crippen molar-refractivity contribution in [2.75, 3.05) is 26.9 Å². The third kappa shape index (κ3) is 2.92. The molecule has 22 heavy (non-hydrogen) atoms. The normalized spacial score (nSPS) is 22.9. The predicted octanol–water partition coefficient (Wildman–Crippen LogP) is 3.64. The molecule has 2 aliphatic heterocycles. The van der Waals surface area contributed by atoms with Crippen LogP contribution in [0.4, 0.5) is 0 Å². The van der Waals surface area contributed by atoms with Crippen LogP contribution in [0.25, 0.3) is 0 Å². The first kappa shape index (κ1) is 16.2. The van der Waals surface area contributed by atoms with E-state index in [4.69, 9.17) is 18.9 Å². The summed E-state index contributed by atoms with van der Waals surface area (Å²) < 4.78 is 24.6. The van der Waals surface area contributed by atoms with E-state index in [9.17, 15) is 0 Å². The zero-order chi connectivity index (χ0) is 15.7. The van der Waals surface area contributed by atoms with Gasteiger partial charge in [-0.05, 0) is 18.1 Å². The van der Waals surface area contributed by atoms with Gasteiger partial charge in [0.05, 0.1) is 25.4 Å². The highest BCUT2D eigenvalue weighted by Crippen LogP contribution is 2.47. The molecule has 1 saturated heterocycles. The topological polar surface area (TPSA) is 36.9 Å². The van der Waals surface area contributed by atoms with Gasteiger partial charge in [-0.1, -0.05) is 29.8 Å². The number of rotatable bonds is 5. The largest absolute Gasteiger partial charge is 0.487 e. The fourth-order valence-electron chi connectivity index (χ4n) is 3.32. The minimum absolute atomic E-state index is 0.0509. The van der Waals surface area contributed by atoms with Crippen LogP contribution in [0.1, 0.15) is 31.4 Å². The van der Waals surface area contributed by atoms with E-state index in [0.29, 0.717) is 25.7 Å². The lowest BCUT2D eigenvalue weighted by molar-refractivity contribution is -0.178. The summed E-state index contributed by atoms with van der Waals surface area (Å²) in [6.45, 7) is 6.19. The maximum atomic E-state index is 6.16. The van der Waals surface area contributed by atoms with Crippen LogP contribution in [0.3, 0.4) is 0 Å². The third-order valence-corrected chi connectivity index (χ3v) is 4.86. The van der Waals surface area contributed by atoms with Crippen molar-refractivity contribution in [3.05, 3.63) is 27.7 Å². The van der Waals surface area contributed by atoms with Gasteiger partial charge in [0.1, 0.15) is 11.9 Å². The molecule has 0 N–H and O–H groups in total. The van der Waals surface area contributed by atoms with Gasteiger partial charge in [-0.2, -0.15) is 0 Å². The molecule has 1 unspecified atom stereocenters. The lowest BCUT2D eigenvalue weighted by Crippen LogP contribution is -2.30. The Morgan fingerprint density at radius 1 is 1.32 bits per heavy atom. The van der Waals surface area contributed by atoms with E-state index in [1.54, 1.807) is 7.11 Å². The Labute approximate surface area is 140 Å². The summed E-state index contributed by atoms with van der Waals surface area (Å²) in [5, 5.41) is 0. The minimum atomic E-state index is -0.680. The van der Waals surface area contributed by atoms with Crippen LogP contribution in [0, 0.1) is 5.92 Å². The molecule has 3 rings (SSSR count). The molecule has 1 aromatic rings. The summed E-state index contributed by atoms with van der Waals surface area (Å²) >= 11 is 3.63. The van der Waals surface area contributed by atoms with E-state index in [0.717, 1.165) is 28.6 Å². The monoisotopic (exact) mass is 370 g/mol. The second-order valence-corrected chi connectivity index (χ2v) is 7.20. The molecule has 0 aromatic heterocycles. The first-order valence-electron chi connectivity index (χ1n) is 7.81. The summed E-state index contributed by atoms with van der Waals surface area (Å²) in [4.78, 5) is 0. The number of ether oxygens (including phenoxy) is 4. The summed E-state index contributed by atoms with van der Waals surface area (Å²) in [6.07, 6.45) is 1.71. The number of hydrogen-bond acceptors (Lipinski definition) is 4. The summed E-state index contributed by atoms with van der Waals surface area (Å²) in [6, 6.07) is 4.13. The molecule has 0 saturated carbocycles. The van der Waals surface area contributed by atoms with Crippen LogP contribution in [-0.2, 0) is 26.4 Å². The Hall–Kier alpha value is -0.620. The van der Waals surface area contributed by atoms with E-state index >= 15 is 0 Å². The molecular formula is C17H23BrO4. The van der Waals surface area contributed by atoms with Crippen molar-refractivity contribution >= 4 is 15.9 Å². The van der Waals surface area contributed by atoms with Crippen molar-refractivity contribution in [1.82, 2.24) is 0 Å². The number of methoxy groups -OCH3 is 1. The lowest BCUT2D eigenvalue weighted by atomic mass is 9.93. The van der Waals surface area contributed by atoms with Gasteiger partial charge in [0.15, 0.2) is 5.79 Å². The summed E-state index contributed by atoms with van der Waals surface area (Å²) in [5.41, 5.74) is 2.19. The van der Waals surface area contributed by atoms with Crippen molar-refractivity contribution in [3.63, 3.8) is 0 Å². The van der Waals surface area contributed by atoms with Gasteiger partial charge in [0.2, 0.25) is 0 Å². The second-order valence-electron chi connectivity index (χ2n) is 6.35. The van der Waals surface area contributed by atoms with Gasteiger partial charge in [-0.3, -0.25) is 0 Å². The molecule has 122 valence electrons. The summed E-state index contributed by atoms with van der Waals surface area (Å²) in [7, 11) is 1.70. The van der Waals surface area contributed by atoms with Crippen LogP contribution in [0.2, 0.25) is 0 Å². The number of benzene rings is 1. The second kappa shape index (κ2) is 6.48. The molecule has 4 nitrogen and oxygen atoms in total. The van der Waals surface area contributed by atoms with Crippen LogP contribution in [0.5, 0.6) is 5.75 Å². The quantitative estimate of drug-likeness (QED) is 0.792. The first-order chi connectivity index (χ1) is 10.6. The summed E-state index contributed by atoms with van der Waals surface area (Å²) in [5.74, 6) is 0.688. The Kier molecular flexibility index (Phi) is 4.78. The number of halogens is 1. The molecule has 2 heterocycles. The third-order valence-electron chi connectivity index (χ3n) is 4.11. The molecule has 1 atom stereocenters. The maximum absolute atomic E-state index is 6.16. The zero-order valence-corrected chi connectivity index (χ0v) is 14.9. The van der Waals surface area contributed by atoms with Crippen molar-refractivity contribution in [2.24, 2.45) is 5.92 Å². The van der Waals surface area contributed by atoms with Gasteiger partial charge >= 0.3 is 0 Å². The van der Waals surface area contributed by atoms with Crippen LogP contribution in [0.15, 0.2) is 16.6 Å². The Balaban J connectivity index is 2.00. The smallest absolute Gasteiger partial charge is 0.198 e. The predicted molar refractivity (Wildman–Crippen MR) is 87.2 cm³/mol. The minimum Gasteiger partial charge on any atom is -0.487 e. The molecule has 0 spiro atoms. The Morgan fingerprint density at radius 2 is 2.05 bits per heavy atom. The van der Waals surface area contributed by atoms with E-state index < -0.39 is 5.79 Å². The fraction of sp³-hybridized carbons (Fsp3) is 0.647. The molecule has 1 fully saturated rings. The van der Waals surface area contributed by atoms with E-state index in [-0.39, 0.29) is 6.10 Å². The number of hydrogen-bond donors (Lipinski definition) is 0. The Morgan fingerprint density at radius 3 is 2.68 bits per heavy atom. The van der Waals surface area contributed by atoms with Gasteiger partial charge in [0, 0.05) is 30.0 Å². The average molecular weight is 371 g/mol. The lowest BCUT2D eigenvalue weighted by Gasteiger charge is -2.31. The molecule has 0 radical (unpaired) electrons. The van der Waals surface area contributed by atoms with E-state index in [1.807, 2.05) is 0 Å².